The zero-order chi connectivity index (χ0) is 12.7. The fourth-order valence-electron chi connectivity index (χ4n) is 1.21. The Labute approximate surface area is 102 Å². The first-order valence-electron chi connectivity index (χ1n) is 5.72. The van der Waals surface area contributed by atoms with Crippen molar-refractivity contribution in [1.29, 1.82) is 0 Å². The van der Waals surface area contributed by atoms with E-state index in [0.29, 0.717) is 24.7 Å². The number of carbonyl (C=O) groups excluding carboxylic acids is 1. The predicted molar refractivity (Wildman–Crippen MR) is 70.1 cm³/mol. The van der Waals surface area contributed by atoms with Gasteiger partial charge in [0.1, 0.15) is 5.69 Å². The van der Waals surface area contributed by atoms with Gasteiger partial charge in [-0.05, 0) is 18.1 Å². The average Bonchev–Trinajstić information content (AvgIpc) is 2.34. The number of amides is 1. The second-order valence-corrected chi connectivity index (χ2v) is 4.21. The Morgan fingerprint density at radius 3 is 2.82 bits per heavy atom. The van der Waals surface area contributed by atoms with Crippen molar-refractivity contribution in [3.8, 4) is 0 Å². The van der Waals surface area contributed by atoms with Crippen molar-refractivity contribution < 1.29 is 4.79 Å². The molecular weight excluding hydrogens is 214 g/mol. The normalized spacial score (nSPS) is 10.1. The first kappa shape index (κ1) is 13.2. The smallest absolute Gasteiger partial charge is 0.269 e. The molecule has 2 N–H and O–H groups in total. The fraction of sp³-hybridized carbons (Fsp3) is 0.385. The van der Waals surface area contributed by atoms with E-state index in [0.717, 1.165) is 5.69 Å². The summed E-state index contributed by atoms with van der Waals surface area (Å²) in [5.74, 6) is 0.307. The summed E-state index contributed by atoms with van der Waals surface area (Å²) in [4.78, 5) is 15.8. The molecule has 0 saturated heterocycles. The molecule has 1 rings (SSSR count). The lowest BCUT2D eigenvalue weighted by atomic mass is 10.2. The van der Waals surface area contributed by atoms with Gasteiger partial charge in [-0.15, -0.1) is 6.58 Å². The maximum Gasteiger partial charge on any atom is 0.269 e. The molecule has 0 aromatic carbocycles. The zero-order valence-electron chi connectivity index (χ0n) is 10.4. The lowest BCUT2D eigenvalue weighted by Crippen LogP contribution is -2.27. The second kappa shape index (κ2) is 6.68. The first-order chi connectivity index (χ1) is 8.13. The summed E-state index contributed by atoms with van der Waals surface area (Å²) in [6.07, 6.45) is 3.41. The molecule has 17 heavy (non-hydrogen) atoms. The van der Waals surface area contributed by atoms with Crippen LogP contribution in [0.4, 0.5) is 5.69 Å². The van der Waals surface area contributed by atoms with Gasteiger partial charge in [0.2, 0.25) is 0 Å². The Balaban J connectivity index is 2.54. The summed E-state index contributed by atoms with van der Waals surface area (Å²) in [6.45, 7) is 9.06. The maximum absolute atomic E-state index is 11.7. The molecule has 4 nitrogen and oxygen atoms in total. The summed E-state index contributed by atoms with van der Waals surface area (Å²) in [6, 6.07) is 3.54. The molecule has 0 aliphatic carbocycles. The van der Waals surface area contributed by atoms with Gasteiger partial charge in [-0.3, -0.25) is 4.79 Å². The lowest BCUT2D eigenvalue weighted by molar-refractivity contribution is 0.0944. The van der Waals surface area contributed by atoms with Crippen LogP contribution in [0.15, 0.2) is 31.0 Å². The van der Waals surface area contributed by atoms with Crippen molar-refractivity contribution in [2.24, 2.45) is 5.92 Å². The average molecular weight is 233 g/mol. The molecule has 1 aromatic rings. The van der Waals surface area contributed by atoms with Gasteiger partial charge in [-0.2, -0.15) is 0 Å². The van der Waals surface area contributed by atoms with Crippen LogP contribution in [0.2, 0.25) is 0 Å². The van der Waals surface area contributed by atoms with Crippen LogP contribution in [-0.4, -0.2) is 24.0 Å². The van der Waals surface area contributed by atoms with E-state index in [1.165, 1.54) is 0 Å². The number of hydrogen-bond donors (Lipinski definition) is 2. The Morgan fingerprint density at radius 1 is 1.53 bits per heavy atom. The standard InChI is InChI=1S/C13H19N3O/c1-4-7-14-11-5-6-12(15-9-11)13(17)16-8-10(2)3/h4-6,9-10,14H,1,7-8H2,2-3H3,(H,16,17). The van der Waals surface area contributed by atoms with E-state index < -0.39 is 0 Å². The largest absolute Gasteiger partial charge is 0.380 e. The summed E-state index contributed by atoms with van der Waals surface area (Å²) in [5.41, 5.74) is 1.32. The van der Waals surface area contributed by atoms with E-state index in [1.807, 2.05) is 6.07 Å². The minimum Gasteiger partial charge on any atom is -0.380 e. The van der Waals surface area contributed by atoms with Crippen molar-refractivity contribution in [2.75, 3.05) is 18.4 Å². The maximum atomic E-state index is 11.7. The van der Waals surface area contributed by atoms with Crippen molar-refractivity contribution in [2.45, 2.75) is 13.8 Å². The van der Waals surface area contributed by atoms with Crippen molar-refractivity contribution >= 4 is 11.6 Å². The van der Waals surface area contributed by atoms with Crippen LogP contribution in [0.5, 0.6) is 0 Å². The number of carbonyl (C=O) groups is 1. The highest BCUT2D eigenvalue weighted by Gasteiger charge is 2.06. The Hall–Kier alpha value is -1.84. The van der Waals surface area contributed by atoms with Gasteiger partial charge in [0.15, 0.2) is 0 Å². The second-order valence-electron chi connectivity index (χ2n) is 4.21. The molecule has 1 heterocycles. The molecule has 0 aliphatic heterocycles. The van der Waals surface area contributed by atoms with Gasteiger partial charge in [0, 0.05) is 13.1 Å². The Morgan fingerprint density at radius 2 is 2.29 bits per heavy atom. The number of rotatable bonds is 6. The topological polar surface area (TPSA) is 54.0 Å². The summed E-state index contributed by atoms with van der Waals surface area (Å²) < 4.78 is 0. The molecule has 0 unspecified atom stereocenters. The highest BCUT2D eigenvalue weighted by molar-refractivity contribution is 5.92. The van der Waals surface area contributed by atoms with E-state index in [2.05, 4.69) is 36.0 Å². The minimum atomic E-state index is -0.131. The Kier molecular flexibility index (Phi) is 5.20. The van der Waals surface area contributed by atoms with Crippen LogP contribution >= 0.6 is 0 Å². The van der Waals surface area contributed by atoms with Crippen molar-refractivity contribution in [3.05, 3.63) is 36.7 Å². The molecule has 0 atom stereocenters. The van der Waals surface area contributed by atoms with Crippen LogP contribution in [0.1, 0.15) is 24.3 Å². The molecule has 0 fully saturated rings. The lowest BCUT2D eigenvalue weighted by Gasteiger charge is -2.07. The summed E-state index contributed by atoms with van der Waals surface area (Å²) in [5, 5.41) is 5.92. The first-order valence-corrected chi connectivity index (χ1v) is 5.72. The van der Waals surface area contributed by atoms with E-state index in [9.17, 15) is 4.79 Å². The van der Waals surface area contributed by atoms with E-state index >= 15 is 0 Å². The van der Waals surface area contributed by atoms with Crippen LogP contribution in [0, 0.1) is 5.92 Å². The van der Waals surface area contributed by atoms with Gasteiger partial charge < -0.3 is 10.6 Å². The van der Waals surface area contributed by atoms with Gasteiger partial charge in [-0.1, -0.05) is 19.9 Å². The number of anilines is 1. The van der Waals surface area contributed by atoms with Gasteiger partial charge in [0.25, 0.3) is 5.91 Å². The molecule has 92 valence electrons. The van der Waals surface area contributed by atoms with Gasteiger partial charge >= 0.3 is 0 Å². The molecule has 0 spiro atoms. The molecule has 1 amide bonds. The fourth-order valence-corrected chi connectivity index (χ4v) is 1.21. The third kappa shape index (κ3) is 4.68. The molecule has 4 heteroatoms. The SMILES string of the molecule is C=CCNc1ccc(C(=O)NCC(C)C)nc1. The Bertz CT molecular complexity index is 371. The van der Waals surface area contributed by atoms with Crippen LogP contribution in [-0.2, 0) is 0 Å². The number of nitrogens with zero attached hydrogens (tertiary/aromatic N) is 1. The molecule has 0 saturated carbocycles. The summed E-state index contributed by atoms with van der Waals surface area (Å²) in [7, 11) is 0. The highest BCUT2D eigenvalue weighted by Crippen LogP contribution is 2.05. The predicted octanol–water partition coefficient (Wildman–Crippen LogP) is 2.07. The van der Waals surface area contributed by atoms with Crippen LogP contribution in [0.25, 0.3) is 0 Å². The highest BCUT2D eigenvalue weighted by atomic mass is 16.1. The van der Waals surface area contributed by atoms with E-state index in [-0.39, 0.29) is 5.91 Å². The third-order valence-corrected chi connectivity index (χ3v) is 2.12. The number of hydrogen-bond acceptors (Lipinski definition) is 3. The van der Waals surface area contributed by atoms with E-state index in [4.69, 9.17) is 0 Å². The van der Waals surface area contributed by atoms with E-state index in [1.54, 1.807) is 18.3 Å². The molecular formula is C13H19N3O. The quantitative estimate of drug-likeness (QED) is 0.739. The van der Waals surface area contributed by atoms with Crippen LogP contribution < -0.4 is 10.6 Å². The molecule has 0 aliphatic rings. The molecule has 0 radical (unpaired) electrons. The number of pyridine rings is 1. The third-order valence-electron chi connectivity index (χ3n) is 2.12. The molecule has 0 bridgehead atoms. The van der Waals surface area contributed by atoms with Crippen molar-refractivity contribution in [1.82, 2.24) is 10.3 Å². The number of nitrogens with one attached hydrogen (secondary N) is 2. The zero-order valence-corrected chi connectivity index (χ0v) is 10.4. The summed E-state index contributed by atoms with van der Waals surface area (Å²) >= 11 is 0. The molecule has 1 aromatic heterocycles. The van der Waals surface area contributed by atoms with Crippen molar-refractivity contribution in [3.63, 3.8) is 0 Å². The van der Waals surface area contributed by atoms with Gasteiger partial charge in [-0.25, -0.2) is 4.98 Å². The van der Waals surface area contributed by atoms with Crippen LogP contribution in [0.3, 0.4) is 0 Å². The minimum absolute atomic E-state index is 0.131. The van der Waals surface area contributed by atoms with Gasteiger partial charge in [0.05, 0.1) is 11.9 Å². The number of aromatic nitrogens is 1. The monoisotopic (exact) mass is 233 g/mol.